The van der Waals surface area contributed by atoms with Crippen LogP contribution in [0.3, 0.4) is 0 Å². The van der Waals surface area contributed by atoms with Crippen molar-refractivity contribution in [1.29, 1.82) is 0 Å². The molecule has 0 saturated carbocycles. The number of hydrogen-bond acceptors (Lipinski definition) is 3. The van der Waals surface area contributed by atoms with Crippen LogP contribution in [0.15, 0.2) is 48.5 Å². The summed E-state index contributed by atoms with van der Waals surface area (Å²) in [6, 6.07) is 16.4. The highest BCUT2D eigenvalue weighted by Gasteiger charge is 2.41. The molecule has 4 rings (SSSR count). The zero-order valence-corrected chi connectivity index (χ0v) is 19.2. The molecule has 170 valence electrons. The molecule has 2 amide bonds. The van der Waals surface area contributed by atoms with Crippen molar-refractivity contribution in [3.05, 3.63) is 65.2 Å². The van der Waals surface area contributed by atoms with Gasteiger partial charge in [0.05, 0.1) is 12.0 Å². The maximum absolute atomic E-state index is 12.8. The standard InChI is InChI=1S/C27H34N2O3/c1-20-3-5-22(6-4-20)17-24-11-16-32-27(19-24)12-14-29(15-13-27)26(31)18-23-7-9-25(10-8-23)28-21(2)30/h3-10,24H,11-19H2,1-2H3,(H,28,30). The van der Waals surface area contributed by atoms with Gasteiger partial charge in [-0.25, -0.2) is 0 Å². The number of carbonyl (C=O) groups excluding carboxylic acids is 2. The zero-order chi connectivity index (χ0) is 22.6. The molecular weight excluding hydrogens is 400 g/mol. The van der Waals surface area contributed by atoms with Crippen molar-refractivity contribution >= 4 is 17.5 Å². The number of likely N-dealkylation sites (tertiary alicyclic amines) is 1. The summed E-state index contributed by atoms with van der Waals surface area (Å²) in [5, 5.41) is 2.75. The van der Waals surface area contributed by atoms with Gasteiger partial charge in [0.25, 0.3) is 0 Å². The van der Waals surface area contributed by atoms with Gasteiger partial charge in [0.15, 0.2) is 0 Å². The van der Waals surface area contributed by atoms with Gasteiger partial charge in [-0.2, -0.15) is 0 Å². The summed E-state index contributed by atoms with van der Waals surface area (Å²) in [4.78, 5) is 26.0. The first-order valence-corrected chi connectivity index (χ1v) is 11.7. The van der Waals surface area contributed by atoms with E-state index in [0.29, 0.717) is 12.3 Å². The Kier molecular flexibility index (Phi) is 6.95. The fraction of sp³-hybridized carbons (Fsp3) is 0.481. The van der Waals surface area contributed by atoms with Crippen molar-refractivity contribution < 1.29 is 14.3 Å². The van der Waals surface area contributed by atoms with Gasteiger partial charge < -0.3 is 15.0 Å². The monoisotopic (exact) mass is 434 g/mol. The molecule has 1 N–H and O–H groups in total. The Hall–Kier alpha value is -2.66. The number of ether oxygens (including phenoxy) is 1. The minimum absolute atomic E-state index is 0.0651. The Bertz CT molecular complexity index is 928. The molecular formula is C27H34N2O3. The number of anilines is 1. The highest BCUT2D eigenvalue weighted by molar-refractivity contribution is 5.88. The molecule has 0 aliphatic carbocycles. The van der Waals surface area contributed by atoms with Gasteiger partial charge in [-0.1, -0.05) is 42.0 Å². The number of piperidine rings is 1. The number of hydrogen-bond donors (Lipinski definition) is 1. The third kappa shape index (κ3) is 5.77. The second-order valence-electron chi connectivity index (χ2n) is 9.52. The topological polar surface area (TPSA) is 58.6 Å². The van der Waals surface area contributed by atoms with E-state index in [1.807, 2.05) is 29.2 Å². The molecule has 2 aliphatic heterocycles. The summed E-state index contributed by atoms with van der Waals surface area (Å²) in [5.74, 6) is 0.720. The lowest BCUT2D eigenvalue weighted by atomic mass is 9.77. The Morgan fingerprint density at radius 3 is 2.34 bits per heavy atom. The quantitative estimate of drug-likeness (QED) is 0.752. The lowest BCUT2D eigenvalue weighted by Crippen LogP contribution is -2.51. The van der Waals surface area contributed by atoms with Gasteiger partial charge in [-0.3, -0.25) is 9.59 Å². The number of carbonyl (C=O) groups is 2. The second-order valence-corrected chi connectivity index (χ2v) is 9.52. The van der Waals surface area contributed by atoms with Gasteiger partial charge in [0, 0.05) is 32.3 Å². The molecule has 5 heteroatoms. The molecule has 5 nitrogen and oxygen atoms in total. The lowest BCUT2D eigenvalue weighted by Gasteiger charge is -2.46. The largest absolute Gasteiger partial charge is 0.375 e. The number of aryl methyl sites for hydroxylation is 1. The number of amides is 2. The summed E-state index contributed by atoms with van der Waals surface area (Å²) in [6.07, 6.45) is 5.56. The van der Waals surface area contributed by atoms with Crippen LogP contribution in [0.4, 0.5) is 5.69 Å². The normalized spacial score (nSPS) is 20.2. The van der Waals surface area contributed by atoms with Gasteiger partial charge >= 0.3 is 0 Å². The Morgan fingerprint density at radius 2 is 1.69 bits per heavy atom. The van der Waals surface area contributed by atoms with E-state index in [1.54, 1.807) is 0 Å². The molecule has 2 heterocycles. The Balaban J connectivity index is 1.28. The number of nitrogens with one attached hydrogen (secondary N) is 1. The smallest absolute Gasteiger partial charge is 0.226 e. The van der Waals surface area contributed by atoms with Crippen molar-refractivity contribution in [2.45, 2.75) is 58.0 Å². The first-order valence-electron chi connectivity index (χ1n) is 11.7. The Morgan fingerprint density at radius 1 is 1.03 bits per heavy atom. The average molecular weight is 435 g/mol. The van der Waals surface area contributed by atoms with Crippen LogP contribution in [0.2, 0.25) is 0 Å². The van der Waals surface area contributed by atoms with E-state index < -0.39 is 0 Å². The average Bonchev–Trinajstić information content (AvgIpc) is 2.77. The highest BCUT2D eigenvalue weighted by Crippen LogP contribution is 2.39. The molecule has 0 aromatic heterocycles. The molecule has 2 fully saturated rings. The first kappa shape index (κ1) is 22.5. The summed E-state index contributed by atoms with van der Waals surface area (Å²) in [6.45, 7) is 5.97. The second kappa shape index (κ2) is 9.86. The van der Waals surface area contributed by atoms with E-state index in [4.69, 9.17) is 4.74 Å². The van der Waals surface area contributed by atoms with Crippen molar-refractivity contribution in [2.75, 3.05) is 25.0 Å². The predicted molar refractivity (Wildman–Crippen MR) is 127 cm³/mol. The summed E-state index contributed by atoms with van der Waals surface area (Å²) in [7, 11) is 0. The minimum Gasteiger partial charge on any atom is -0.375 e. The van der Waals surface area contributed by atoms with Crippen molar-refractivity contribution in [3.8, 4) is 0 Å². The van der Waals surface area contributed by atoms with Crippen LogP contribution in [-0.4, -0.2) is 42.0 Å². The van der Waals surface area contributed by atoms with E-state index >= 15 is 0 Å². The Labute approximate surface area is 191 Å². The third-order valence-electron chi connectivity index (χ3n) is 6.90. The van der Waals surface area contributed by atoms with Crippen molar-refractivity contribution in [2.24, 2.45) is 5.92 Å². The number of nitrogens with zero attached hydrogens (tertiary/aromatic N) is 1. The predicted octanol–water partition coefficient (Wildman–Crippen LogP) is 4.53. The molecule has 1 spiro atoms. The molecule has 1 unspecified atom stereocenters. The molecule has 0 bridgehead atoms. The van der Waals surface area contributed by atoms with E-state index in [1.165, 1.54) is 18.1 Å². The van der Waals surface area contributed by atoms with Crippen LogP contribution >= 0.6 is 0 Å². The maximum atomic E-state index is 12.8. The fourth-order valence-corrected chi connectivity index (χ4v) is 5.07. The zero-order valence-electron chi connectivity index (χ0n) is 19.2. The molecule has 2 saturated heterocycles. The van der Waals surface area contributed by atoms with Crippen LogP contribution < -0.4 is 5.32 Å². The molecule has 32 heavy (non-hydrogen) atoms. The van der Waals surface area contributed by atoms with Gasteiger partial charge in [-0.15, -0.1) is 0 Å². The third-order valence-corrected chi connectivity index (χ3v) is 6.90. The van der Waals surface area contributed by atoms with Crippen molar-refractivity contribution in [1.82, 2.24) is 4.90 Å². The molecule has 1 atom stereocenters. The van der Waals surface area contributed by atoms with E-state index in [-0.39, 0.29) is 17.4 Å². The fourth-order valence-electron chi connectivity index (χ4n) is 5.07. The van der Waals surface area contributed by atoms with Crippen LogP contribution in [0, 0.1) is 12.8 Å². The molecule has 2 aromatic carbocycles. The summed E-state index contributed by atoms with van der Waals surface area (Å²) in [5.41, 5.74) is 4.37. The van der Waals surface area contributed by atoms with Gasteiger partial charge in [0.1, 0.15) is 0 Å². The SMILES string of the molecule is CC(=O)Nc1ccc(CC(=O)N2CCC3(CC2)CC(Cc2ccc(C)cc2)CCO3)cc1. The van der Waals surface area contributed by atoms with Crippen LogP contribution in [0.5, 0.6) is 0 Å². The van der Waals surface area contributed by atoms with E-state index in [2.05, 4.69) is 36.5 Å². The van der Waals surface area contributed by atoms with E-state index in [9.17, 15) is 9.59 Å². The summed E-state index contributed by atoms with van der Waals surface area (Å²) < 4.78 is 6.31. The first-order chi connectivity index (χ1) is 15.4. The van der Waals surface area contributed by atoms with Gasteiger partial charge in [-0.05, 0) is 68.2 Å². The van der Waals surface area contributed by atoms with Crippen LogP contribution in [0.25, 0.3) is 0 Å². The van der Waals surface area contributed by atoms with Crippen LogP contribution in [0.1, 0.15) is 49.3 Å². The lowest BCUT2D eigenvalue weighted by molar-refractivity contribution is -0.146. The molecule has 2 aromatic rings. The maximum Gasteiger partial charge on any atom is 0.226 e. The summed E-state index contributed by atoms with van der Waals surface area (Å²) >= 11 is 0. The molecule has 2 aliphatic rings. The highest BCUT2D eigenvalue weighted by atomic mass is 16.5. The van der Waals surface area contributed by atoms with E-state index in [0.717, 1.165) is 63.1 Å². The minimum atomic E-state index is -0.0953. The number of benzene rings is 2. The molecule has 0 radical (unpaired) electrons. The number of rotatable bonds is 5. The van der Waals surface area contributed by atoms with Crippen molar-refractivity contribution in [3.63, 3.8) is 0 Å². The van der Waals surface area contributed by atoms with Crippen LogP contribution in [-0.2, 0) is 27.2 Å². The van der Waals surface area contributed by atoms with Gasteiger partial charge in [0.2, 0.25) is 11.8 Å².